The molecule has 2 rings (SSSR count). The number of hydrogen-bond acceptors (Lipinski definition) is 4. The molecule has 30 heavy (non-hydrogen) atoms. The molecule has 1 N–H and O–H groups in total. The van der Waals surface area contributed by atoms with Gasteiger partial charge in [0.1, 0.15) is 12.4 Å². The average molecular weight is 441 g/mol. The summed E-state index contributed by atoms with van der Waals surface area (Å²) in [6, 6.07) is 10.6. The summed E-state index contributed by atoms with van der Waals surface area (Å²) in [4.78, 5) is 12.0. The van der Waals surface area contributed by atoms with Gasteiger partial charge in [0.15, 0.2) is 11.6 Å². The van der Waals surface area contributed by atoms with Crippen molar-refractivity contribution in [3.63, 3.8) is 0 Å². The van der Waals surface area contributed by atoms with Gasteiger partial charge in [-0.25, -0.2) is 17.2 Å². The number of amides is 1. The van der Waals surface area contributed by atoms with Crippen LogP contribution in [0.3, 0.4) is 0 Å². The van der Waals surface area contributed by atoms with Crippen molar-refractivity contribution in [2.75, 3.05) is 30.3 Å². The van der Waals surface area contributed by atoms with Gasteiger partial charge in [-0.1, -0.05) is 19.1 Å². The molecule has 0 atom stereocenters. The zero-order chi connectivity index (χ0) is 22.1. The van der Waals surface area contributed by atoms with E-state index in [0.717, 1.165) is 34.9 Å². The number of nitrogens with zero attached hydrogens (tertiary/aromatic N) is 1. The van der Waals surface area contributed by atoms with E-state index in [1.54, 1.807) is 0 Å². The van der Waals surface area contributed by atoms with Crippen molar-refractivity contribution in [3.05, 3.63) is 59.7 Å². The first-order valence-corrected chi connectivity index (χ1v) is 11.5. The molecule has 9 heteroatoms. The Hall–Kier alpha value is -2.68. The van der Waals surface area contributed by atoms with Crippen LogP contribution in [0.5, 0.6) is 5.75 Å². The number of ether oxygens (including phenoxy) is 1. The monoisotopic (exact) mass is 440 g/mol. The molecule has 6 nitrogen and oxygen atoms in total. The van der Waals surface area contributed by atoms with Gasteiger partial charge in [0.05, 0.1) is 18.5 Å². The maximum absolute atomic E-state index is 13.4. The Morgan fingerprint density at radius 1 is 1.10 bits per heavy atom. The molecule has 0 aromatic heterocycles. The third-order valence-electron chi connectivity index (χ3n) is 4.38. The molecule has 0 spiro atoms. The highest BCUT2D eigenvalue weighted by Gasteiger charge is 2.19. The van der Waals surface area contributed by atoms with Crippen molar-refractivity contribution >= 4 is 21.6 Å². The minimum atomic E-state index is -3.71. The molecule has 0 aliphatic heterocycles. The van der Waals surface area contributed by atoms with Gasteiger partial charge in [-0.3, -0.25) is 9.10 Å². The predicted octanol–water partition coefficient (Wildman–Crippen LogP) is 3.27. The maximum atomic E-state index is 13.4. The summed E-state index contributed by atoms with van der Waals surface area (Å²) in [5, 5.41) is 2.70. The molecule has 2 aromatic rings. The standard InChI is InChI=1S/C21H26F2N2O4S/c1-3-16-6-9-18(10-7-16)29-14-12-24-21(26)5-4-13-25(30(2,27)28)17-8-11-19(22)20(23)15-17/h6-11,15H,3-5,12-14H2,1-2H3,(H,24,26). The van der Waals surface area contributed by atoms with Crippen LogP contribution in [-0.2, 0) is 21.2 Å². The lowest BCUT2D eigenvalue weighted by Gasteiger charge is -2.22. The number of halogens is 2. The molecule has 0 fully saturated rings. The second kappa shape index (κ2) is 10.9. The molecular weight excluding hydrogens is 414 g/mol. The van der Waals surface area contributed by atoms with Gasteiger partial charge >= 0.3 is 0 Å². The Morgan fingerprint density at radius 3 is 2.40 bits per heavy atom. The molecule has 164 valence electrons. The van der Waals surface area contributed by atoms with E-state index in [1.807, 2.05) is 24.3 Å². The van der Waals surface area contributed by atoms with Gasteiger partial charge in [0.25, 0.3) is 0 Å². The van der Waals surface area contributed by atoms with Gasteiger partial charge in [-0.2, -0.15) is 0 Å². The van der Waals surface area contributed by atoms with E-state index in [9.17, 15) is 22.0 Å². The van der Waals surface area contributed by atoms with Crippen molar-refractivity contribution in [2.24, 2.45) is 0 Å². The lowest BCUT2D eigenvalue weighted by Crippen LogP contribution is -2.33. The predicted molar refractivity (Wildman–Crippen MR) is 112 cm³/mol. The van der Waals surface area contributed by atoms with E-state index in [2.05, 4.69) is 12.2 Å². The highest BCUT2D eigenvalue weighted by atomic mass is 32.2. The van der Waals surface area contributed by atoms with E-state index in [0.29, 0.717) is 13.2 Å². The molecule has 2 aromatic carbocycles. The summed E-state index contributed by atoms with van der Waals surface area (Å²) in [6.07, 6.45) is 2.22. The Labute approximate surface area is 175 Å². The number of anilines is 1. The van der Waals surface area contributed by atoms with Crippen LogP contribution in [0.1, 0.15) is 25.3 Å². The second-order valence-corrected chi connectivity index (χ2v) is 8.64. The third-order valence-corrected chi connectivity index (χ3v) is 5.58. The van der Waals surface area contributed by atoms with Crippen LogP contribution in [0.4, 0.5) is 14.5 Å². The van der Waals surface area contributed by atoms with E-state index < -0.39 is 21.7 Å². The summed E-state index contributed by atoms with van der Waals surface area (Å²) < 4.78 is 57.0. The van der Waals surface area contributed by atoms with Crippen LogP contribution >= 0.6 is 0 Å². The summed E-state index contributed by atoms with van der Waals surface area (Å²) in [5.74, 6) is -1.73. The molecule has 0 aliphatic rings. The topological polar surface area (TPSA) is 75.7 Å². The van der Waals surface area contributed by atoms with Crippen molar-refractivity contribution in [1.29, 1.82) is 0 Å². The minimum Gasteiger partial charge on any atom is -0.492 e. The Kier molecular flexibility index (Phi) is 8.58. The van der Waals surface area contributed by atoms with Gasteiger partial charge < -0.3 is 10.1 Å². The van der Waals surface area contributed by atoms with Crippen molar-refractivity contribution < 1.29 is 26.7 Å². The smallest absolute Gasteiger partial charge is 0.232 e. The highest BCUT2D eigenvalue weighted by Crippen LogP contribution is 2.21. The number of benzene rings is 2. The van der Waals surface area contributed by atoms with Crippen LogP contribution < -0.4 is 14.4 Å². The highest BCUT2D eigenvalue weighted by molar-refractivity contribution is 7.92. The van der Waals surface area contributed by atoms with Crippen LogP contribution in [-0.4, -0.2) is 40.3 Å². The van der Waals surface area contributed by atoms with E-state index >= 15 is 0 Å². The summed E-state index contributed by atoms with van der Waals surface area (Å²) in [6.45, 7) is 2.66. The van der Waals surface area contributed by atoms with Crippen molar-refractivity contribution in [1.82, 2.24) is 5.32 Å². The van der Waals surface area contributed by atoms with E-state index in [-0.39, 0.29) is 31.0 Å². The zero-order valence-electron chi connectivity index (χ0n) is 17.0. The fourth-order valence-electron chi connectivity index (χ4n) is 2.78. The average Bonchev–Trinajstić information content (AvgIpc) is 2.70. The van der Waals surface area contributed by atoms with Crippen LogP contribution in [0.2, 0.25) is 0 Å². The van der Waals surface area contributed by atoms with Crippen molar-refractivity contribution in [3.8, 4) is 5.75 Å². The van der Waals surface area contributed by atoms with Gasteiger partial charge in [0.2, 0.25) is 15.9 Å². The molecular formula is C21H26F2N2O4S. The fraction of sp³-hybridized carbons (Fsp3) is 0.381. The maximum Gasteiger partial charge on any atom is 0.232 e. The fourth-order valence-corrected chi connectivity index (χ4v) is 3.74. The Bertz CT molecular complexity index is 950. The zero-order valence-corrected chi connectivity index (χ0v) is 17.8. The minimum absolute atomic E-state index is 0.0132. The first-order valence-electron chi connectivity index (χ1n) is 9.62. The molecule has 0 heterocycles. The SMILES string of the molecule is CCc1ccc(OCCNC(=O)CCCN(c2ccc(F)c(F)c2)S(C)(=O)=O)cc1. The van der Waals surface area contributed by atoms with Crippen LogP contribution in [0, 0.1) is 11.6 Å². The first-order chi connectivity index (χ1) is 14.2. The number of sulfonamides is 1. The Balaban J connectivity index is 1.76. The van der Waals surface area contributed by atoms with E-state index in [1.165, 1.54) is 11.6 Å². The molecule has 0 radical (unpaired) electrons. The number of carbonyl (C=O) groups excluding carboxylic acids is 1. The number of rotatable bonds is 11. The van der Waals surface area contributed by atoms with Gasteiger partial charge in [0, 0.05) is 19.0 Å². The number of nitrogens with one attached hydrogen (secondary N) is 1. The summed E-state index contributed by atoms with van der Waals surface area (Å²) >= 11 is 0. The normalized spacial score (nSPS) is 11.2. The van der Waals surface area contributed by atoms with Crippen LogP contribution in [0.25, 0.3) is 0 Å². The lowest BCUT2D eigenvalue weighted by molar-refractivity contribution is -0.121. The number of aryl methyl sites for hydroxylation is 1. The molecule has 0 saturated heterocycles. The lowest BCUT2D eigenvalue weighted by atomic mass is 10.2. The second-order valence-electron chi connectivity index (χ2n) is 6.73. The van der Waals surface area contributed by atoms with Gasteiger partial charge in [-0.15, -0.1) is 0 Å². The number of carbonyl (C=O) groups is 1. The summed E-state index contributed by atoms with van der Waals surface area (Å²) in [7, 11) is -3.71. The Morgan fingerprint density at radius 2 is 1.80 bits per heavy atom. The molecule has 0 unspecified atom stereocenters. The summed E-state index contributed by atoms with van der Waals surface area (Å²) in [5.41, 5.74) is 1.22. The van der Waals surface area contributed by atoms with Crippen molar-refractivity contribution in [2.45, 2.75) is 26.2 Å². The quantitative estimate of drug-likeness (QED) is 0.544. The van der Waals surface area contributed by atoms with Crippen LogP contribution in [0.15, 0.2) is 42.5 Å². The largest absolute Gasteiger partial charge is 0.492 e. The first kappa shape index (κ1) is 23.6. The van der Waals surface area contributed by atoms with Gasteiger partial charge in [-0.05, 0) is 42.7 Å². The number of hydrogen-bond donors (Lipinski definition) is 1. The molecule has 0 saturated carbocycles. The molecule has 0 bridgehead atoms. The van der Waals surface area contributed by atoms with E-state index in [4.69, 9.17) is 4.74 Å². The molecule has 0 aliphatic carbocycles. The third kappa shape index (κ3) is 7.29. The molecule has 1 amide bonds.